The van der Waals surface area contributed by atoms with Gasteiger partial charge in [-0.05, 0) is 43.3 Å². The van der Waals surface area contributed by atoms with Gasteiger partial charge in [-0.1, -0.05) is 0 Å². The fraction of sp³-hybridized carbons (Fsp3) is 0.269. The molecule has 8 nitrogen and oxygen atoms in total. The Hall–Kier alpha value is -4.10. The minimum atomic E-state index is -4.98. The monoisotopic (exact) mass is 550 g/mol. The van der Waals surface area contributed by atoms with Gasteiger partial charge in [-0.15, -0.1) is 13.2 Å². The summed E-state index contributed by atoms with van der Waals surface area (Å²) < 4.78 is 74.7. The van der Waals surface area contributed by atoms with Crippen LogP contribution < -0.4 is 15.4 Å². The molecule has 1 aliphatic heterocycles. The molecule has 1 aromatic heterocycles. The number of pyridine rings is 1. The van der Waals surface area contributed by atoms with E-state index in [9.17, 15) is 31.5 Å². The van der Waals surface area contributed by atoms with Crippen LogP contribution in [0.15, 0.2) is 54.7 Å². The summed E-state index contributed by atoms with van der Waals surface area (Å²) in [6, 6.07) is 8.07. The van der Waals surface area contributed by atoms with E-state index in [-0.39, 0.29) is 28.2 Å². The van der Waals surface area contributed by atoms with Crippen molar-refractivity contribution in [3.05, 3.63) is 71.9 Å². The van der Waals surface area contributed by atoms with Crippen molar-refractivity contribution in [2.75, 3.05) is 36.9 Å². The first-order valence-corrected chi connectivity index (χ1v) is 11.7. The van der Waals surface area contributed by atoms with Crippen LogP contribution in [0.4, 0.5) is 33.3 Å². The number of hydrogen-bond acceptors (Lipinski definition) is 6. The number of morpholine rings is 1. The molecule has 13 heteroatoms. The molecular formula is C26H23F5N4O4. The number of halogens is 5. The Labute approximate surface area is 219 Å². The highest BCUT2D eigenvalue weighted by molar-refractivity contribution is 6.10. The highest BCUT2D eigenvalue weighted by Gasteiger charge is 2.32. The second kappa shape index (κ2) is 11.7. The van der Waals surface area contributed by atoms with Gasteiger partial charge in [-0.25, -0.2) is 8.78 Å². The number of carbonyl (C=O) groups is 2. The van der Waals surface area contributed by atoms with Crippen LogP contribution in [0.2, 0.25) is 0 Å². The molecule has 1 unspecified atom stereocenters. The van der Waals surface area contributed by atoms with Crippen molar-refractivity contribution in [2.45, 2.75) is 19.3 Å². The molecule has 0 bridgehead atoms. The van der Waals surface area contributed by atoms with E-state index >= 15 is 0 Å². The quantitative estimate of drug-likeness (QED) is 0.410. The predicted molar refractivity (Wildman–Crippen MR) is 131 cm³/mol. The van der Waals surface area contributed by atoms with E-state index in [1.807, 2.05) is 4.90 Å². The minimum Gasteiger partial charge on any atom is -0.406 e. The molecule has 3 aromatic rings. The number of ether oxygens (including phenoxy) is 2. The summed E-state index contributed by atoms with van der Waals surface area (Å²) in [4.78, 5) is 31.9. The van der Waals surface area contributed by atoms with Crippen molar-refractivity contribution in [1.29, 1.82) is 0 Å². The normalized spacial score (nSPS) is 14.9. The summed E-state index contributed by atoms with van der Waals surface area (Å²) in [5.74, 6) is -3.47. The van der Waals surface area contributed by atoms with Gasteiger partial charge in [-0.2, -0.15) is 0 Å². The second-order valence-electron chi connectivity index (χ2n) is 8.61. The molecule has 1 atom stereocenters. The zero-order valence-corrected chi connectivity index (χ0v) is 20.5. The lowest BCUT2D eigenvalue weighted by atomic mass is 10.1. The van der Waals surface area contributed by atoms with Crippen LogP contribution in [0.3, 0.4) is 0 Å². The zero-order valence-electron chi connectivity index (χ0n) is 20.5. The van der Waals surface area contributed by atoms with Gasteiger partial charge in [0.15, 0.2) is 0 Å². The van der Waals surface area contributed by atoms with Crippen LogP contribution in [0, 0.1) is 11.6 Å². The van der Waals surface area contributed by atoms with E-state index in [4.69, 9.17) is 4.74 Å². The van der Waals surface area contributed by atoms with E-state index < -0.39 is 41.6 Å². The number of nitrogens with zero attached hydrogens (tertiary/aromatic N) is 2. The third-order valence-corrected chi connectivity index (χ3v) is 5.88. The standard InChI is InChI=1S/C26H23F5N4O4/c1-15(35-6-8-38-9-7-35)24(36)34-23-13-20(39-26(29,30)31)3-4-21(23)25(37)33-19-2-5-22(32-14-19)16-10-17(27)12-18(28)11-16/h2-5,10-15H,6-9H2,1H3,(H,33,37)(H,34,36). The predicted octanol–water partition coefficient (Wildman–Crippen LogP) is 4.84. The smallest absolute Gasteiger partial charge is 0.406 e. The van der Waals surface area contributed by atoms with Crippen LogP contribution >= 0.6 is 0 Å². The van der Waals surface area contributed by atoms with Crippen molar-refractivity contribution in [1.82, 2.24) is 9.88 Å². The van der Waals surface area contributed by atoms with Crippen LogP contribution in [-0.4, -0.2) is 60.4 Å². The topological polar surface area (TPSA) is 92.8 Å². The van der Waals surface area contributed by atoms with Crippen molar-refractivity contribution >= 4 is 23.2 Å². The zero-order chi connectivity index (χ0) is 28.2. The maximum Gasteiger partial charge on any atom is 0.573 e. The van der Waals surface area contributed by atoms with E-state index in [1.165, 1.54) is 18.3 Å². The Morgan fingerprint density at radius 2 is 1.69 bits per heavy atom. The summed E-state index contributed by atoms with van der Waals surface area (Å²) in [5.41, 5.74) is 0.285. The molecule has 2 amide bonds. The Morgan fingerprint density at radius 1 is 1.00 bits per heavy atom. The Bertz CT molecular complexity index is 1320. The Kier molecular flexibility index (Phi) is 8.41. The fourth-order valence-electron chi connectivity index (χ4n) is 3.93. The van der Waals surface area contributed by atoms with Crippen LogP contribution in [0.1, 0.15) is 17.3 Å². The summed E-state index contributed by atoms with van der Waals surface area (Å²) in [5, 5.41) is 5.07. The molecule has 1 saturated heterocycles. The maximum atomic E-state index is 13.5. The molecular weight excluding hydrogens is 527 g/mol. The third-order valence-electron chi connectivity index (χ3n) is 5.88. The number of anilines is 2. The number of nitrogens with one attached hydrogen (secondary N) is 2. The molecule has 2 aromatic carbocycles. The molecule has 1 fully saturated rings. The number of alkyl halides is 3. The first-order valence-electron chi connectivity index (χ1n) is 11.7. The van der Waals surface area contributed by atoms with Gasteiger partial charge in [0.1, 0.15) is 17.4 Å². The first kappa shape index (κ1) is 27.9. The SMILES string of the molecule is CC(C(=O)Nc1cc(OC(F)(F)F)ccc1C(=O)Nc1ccc(-c2cc(F)cc(F)c2)nc1)N1CCOCC1. The van der Waals surface area contributed by atoms with E-state index in [1.54, 1.807) is 6.92 Å². The van der Waals surface area contributed by atoms with E-state index in [0.717, 1.165) is 36.4 Å². The largest absolute Gasteiger partial charge is 0.573 e. The average Bonchev–Trinajstić information content (AvgIpc) is 2.87. The van der Waals surface area contributed by atoms with Gasteiger partial charge in [0.25, 0.3) is 5.91 Å². The van der Waals surface area contributed by atoms with Gasteiger partial charge in [0.05, 0.1) is 48.1 Å². The molecule has 206 valence electrons. The lowest BCUT2D eigenvalue weighted by Crippen LogP contribution is -2.47. The third kappa shape index (κ3) is 7.48. The highest BCUT2D eigenvalue weighted by Crippen LogP contribution is 2.29. The molecule has 2 N–H and O–H groups in total. The molecule has 0 spiro atoms. The van der Waals surface area contributed by atoms with E-state index in [0.29, 0.717) is 26.3 Å². The van der Waals surface area contributed by atoms with Gasteiger partial charge in [-0.3, -0.25) is 19.5 Å². The van der Waals surface area contributed by atoms with Crippen molar-refractivity contribution in [3.63, 3.8) is 0 Å². The number of benzene rings is 2. The molecule has 2 heterocycles. The number of carbonyl (C=O) groups excluding carboxylic acids is 2. The molecule has 39 heavy (non-hydrogen) atoms. The summed E-state index contributed by atoms with van der Waals surface area (Å²) in [7, 11) is 0. The highest BCUT2D eigenvalue weighted by atomic mass is 19.4. The van der Waals surface area contributed by atoms with Gasteiger partial charge < -0.3 is 20.1 Å². The summed E-state index contributed by atoms with van der Waals surface area (Å²) >= 11 is 0. The van der Waals surface area contributed by atoms with Crippen LogP contribution in [0.25, 0.3) is 11.3 Å². The molecule has 0 radical (unpaired) electrons. The van der Waals surface area contributed by atoms with Crippen molar-refractivity contribution < 1.29 is 41.0 Å². The molecule has 0 aliphatic carbocycles. The van der Waals surface area contributed by atoms with Gasteiger partial charge >= 0.3 is 6.36 Å². The molecule has 4 rings (SSSR count). The summed E-state index contributed by atoms with van der Waals surface area (Å²) in [6.07, 6.45) is -3.74. The lowest BCUT2D eigenvalue weighted by Gasteiger charge is -2.31. The van der Waals surface area contributed by atoms with E-state index in [2.05, 4.69) is 20.4 Å². The minimum absolute atomic E-state index is 0.136. The number of hydrogen-bond donors (Lipinski definition) is 2. The van der Waals surface area contributed by atoms with Gasteiger partial charge in [0.2, 0.25) is 5.91 Å². The first-order chi connectivity index (χ1) is 18.5. The number of aromatic nitrogens is 1. The summed E-state index contributed by atoms with van der Waals surface area (Å²) in [6.45, 7) is 3.48. The average molecular weight is 550 g/mol. The van der Waals surface area contributed by atoms with Crippen molar-refractivity contribution in [2.24, 2.45) is 0 Å². The number of amides is 2. The Morgan fingerprint density at radius 3 is 2.31 bits per heavy atom. The lowest BCUT2D eigenvalue weighted by molar-refractivity contribution is -0.274. The van der Waals surface area contributed by atoms with Crippen LogP contribution in [0.5, 0.6) is 5.75 Å². The maximum absolute atomic E-state index is 13.5. The molecule has 1 aliphatic rings. The van der Waals surface area contributed by atoms with Crippen molar-refractivity contribution in [3.8, 4) is 17.0 Å². The second-order valence-corrected chi connectivity index (χ2v) is 8.61. The number of rotatable bonds is 7. The fourth-order valence-corrected chi connectivity index (χ4v) is 3.93. The van der Waals surface area contributed by atoms with Gasteiger partial charge in [0, 0.05) is 30.8 Å². The molecule has 0 saturated carbocycles. The Balaban J connectivity index is 1.54. The van der Waals surface area contributed by atoms with Crippen LogP contribution in [-0.2, 0) is 9.53 Å².